The second-order valence-corrected chi connectivity index (χ2v) is 9.53. The van der Waals surface area contributed by atoms with E-state index in [1.807, 2.05) is 18.2 Å². The van der Waals surface area contributed by atoms with E-state index in [-0.39, 0.29) is 5.82 Å². The van der Waals surface area contributed by atoms with E-state index < -0.39 is 8.07 Å². The summed E-state index contributed by atoms with van der Waals surface area (Å²) in [6.45, 7) is 4.52. The van der Waals surface area contributed by atoms with Gasteiger partial charge in [0.2, 0.25) is 0 Å². The number of methoxy groups -OCH3 is 1. The zero-order chi connectivity index (χ0) is 12.9. The molecule has 0 aliphatic carbocycles. The van der Waals surface area contributed by atoms with E-state index in [0.29, 0.717) is 0 Å². The average Bonchev–Trinajstić information content (AvgIpc) is 2.59. The monoisotopic (exact) mass is 258 g/mol. The summed E-state index contributed by atoms with van der Waals surface area (Å²) in [5.74, 6) is 0.736. The number of ether oxygens (including phenoxy) is 1. The van der Waals surface area contributed by atoms with Crippen molar-refractivity contribution in [2.45, 2.75) is 13.1 Å². The first-order valence-corrected chi connectivity index (χ1v) is 9.03. The molecule has 0 spiro atoms. The predicted molar refractivity (Wildman–Crippen MR) is 75.1 cm³/mol. The minimum atomic E-state index is -1.78. The van der Waals surface area contributed by atoms with Gasteiger partial charge in [0.05, 0.1) is 7.11 Å². The molecular formula is C15H15FOSi. The van der Waals surface area contributed by atoms with Crippen molar-refractivity contribution in [1.29, 1.82) is 0 Å². The average molecular weight is 258 g/mol. The molecule has 2 aromatic rings. The lowest BCUT2D eigenvalue weighted by Crippen LogP contribution is -2.49. The summed E-state index contributed by atoms with van der Waals surface area (Å²) in [5.41, 5.74) is 1.84. The highest BCUT2D eigenvalue weighted by Gasteiger charge is 2.38. The number of hydrogen-bond donors (Lipinski definition) is 0. The second kappa shape index (κ2) is 3.69. The lowest BCUT2D eigenvalue weighted by Gasteiger charge is -2.18. The van der Waals surface area contributed by atoms with Gasteiger partial charge in [-0.25, -0.2) is 4.39 Å². The fraction of sp³-hybridized carbons (Fsp3) is 0.200. The van der Waals surface area contributed by atoms with Crippen molar-refractivity contribution in [3.63, 3.8) is 0 Å². The highest BCUT2D eigenvalue weighted by Crippen LogP contribution is 2.31. The molecule has 0 N–H and O–H groups in total. The fourth-order valence-electron chi connectivity index (χ4n) is 2.85. The third-order valence-corrected chi connectivity index (χ3v) is 7.38. The zero-order valence-electron chi connectivity index (χ0n) is 10.8. The summed E-state index contributed by atoms with van der Waals surface area (Å²) in [7, 11) is -0.115. The molecule has 0 unspecified atom stereocenters. The van der Waals surface area contributed by atoms with Gasteiger partial charge in [-0.2, -0.15) is 0 Å². The van der Waals surface area contributed by atoms with E-state index in [4.69, 9.17) is 4.74 Å². The third-order valence-electron chi connectivity index (χ3n) is 3.86. The van der Waals surface area contributed by atoms with E-state index in [0.717, 1.165) is 16.9 Å². The molecule has 3 rings (SSSR count). The van der Waals surface area contributed by atoms with Crippen molar-refractivity contribution in [1.82, 2.24) is 0 Å². The molecule has 0 fully saturated rings. The number of halogens is 1. The largest absolute Gasteiger partial charge is 0.497 e. The van der Waals surface area contributed by atoms with Gasteiger partial charge in [-0.3, -0.25) is 0 Å². The molecule has 1 aliphatic rings. The van der Waals surface area contributed by atoms with E-state index >= 15 is 0 Å². The Morgan fingerprint density at radius 2 is 1.83 bits per heavy atom. The van der Waals surface area contributed by atoms with Crippen LogP contribution in [0, 0.1) is 5.82 Å². The van der Waals surface area contributed by atoms with Crippen molar-refractivity contribution in [3.05, 3.63) is 42.2 Å². The van der Waals surface area contributed by atoms with Gasteiger partial charge in [0, 0.05) is 5.56 Å². The van der Waals surface area contributed by atoms with E-state index in [1.54, 1.807) is 13.2 Å². The van der Waals surface area contributed by atoms with Crippen LogP contribution in [0.5, 0.6) is 5.75 Å². The molecule has 0 amide bonds. The molecule has 0 aromatic heterocycles. The normalized spacial score (nSPS) is 15.1. The SMILES string of the molecule is COc1ccc2c(c1)[Si](C)(C)c1cccc(F)c1-2. The standard InChI is InChI=1S/C15H15FOSi/c1-17-10-7-8-11-14(9-10)18(2,3)13-6-4-5-12(16)15(11)13/h4-9H,1-3H3. The molecular weight excluding hydrogens is 243 g/mol. The molecule has 0 bridgehead atoms. The summed E-state index contributed by atoms with van der Waals surface area (Å²) in [5, 5.41) is 2.45. The highest BCUT2D eigenvalue weighted by molar-refractivity contribution is 7.03. The van der Waals surface area contributed by atoms with Gasteiger partial charge >= 0.3 is 0 Å². The molecule has 1 aliphatic heterocycles. The quantitative estimate of drug-likeness (QED) is 0.715. The van der Waals surface area contributed by atoms with E-state index in [9.17, 15) is 4.39 Å². The molecule has 0 atom stereocenters. The molecule has 1 heterocycles. The Bertz CT molecular complexity index is 634. The first kappa shape index (κ1) is 11.5. The molecule has 0 saturated carbocycles. The van der Waals surface area contributed by atoms with Crippen LogP contribution in [0.3, 0.4) is 0 Å². The molecule has 0 saturated heterocycles. The summed E-state index contributed by atoms with van der Waals surface area (Å²) >= 11 is 0. The number of fused-ring (bicyclic) bond motifs is 3. The maximum Gasteiger partial charge on any atom is 0.130 e. The number of benzene rings is 2. The van der Waals surface area contributed by atoms with Crippen LogP contribution in [-0.2, 0) is 0 Å². The van der Waals surface area contributed by atoms with Crippen molar-refractivity contribution in [3.8, 4) is 16.9 Å². The van der Waals surface area contributed by atoms with Crippen LogP contribution in [-0.4, -0.2) is 15.2 Å². The Hall–Kier alpha value is -1.61. The molecule has 1 nitrogen and oxygen atoms in total. The summed E-state index contributed by atoms with van der Waals surface area (Å²) < 4.78 is 19.4. The fourth-order valence-corrected chi connectivity index (χ4v) is 5.92. The lowest BCUT2D eigenvalue weighted by molar-refractivity contribution is 0.415. The van der Waals surface area contributed by atoms with Crippen LogP contribution in [0.1, 0.15) is 0 Å². The minimum absolute atomic E-state index is 0.114. The van der Waals surface area contributed by atoms with Crippen LogP contribution in [0.2, 0.25) is 13.1 Å². The van der Waals surface area contributed by atoms with Crippen molar-refractivity contribution >= 4 is 18.4 Å². The Morgan fingerprint density at radius 1 is 1.06 bits per heavy atom. The second-order valence-electron chi connectivity index (χ2n) is 5.20. The number of hydrogen-bond acceptors (Lipinski definition) is 1. The Labute approximate surface area is 107 Å². The van der Waals surface area contributed by atoms with Gasteiger partial charge in [0.1, 0.15) is 19.6 Å². The van der Waals surface area contributed by atoms with Gasteiger partial charge in [0.15, 0.2) is 0 Å². The number of rotatable bonds is 1. The van der Waals surface area contributed by atoms with Crippen molar-refractivity contribution in [2.75, 3.05) is 7.11 Å². The topological polar surface area (TPSA) is 9.23 Å². The zero-order valence-corrected chi connectivity index (χ0v) is 11.8. The molecule has 0 radical (unpaired) electrons. The van der Waals surface area contributed by atoms with Gasteiger partial charge in [-0.1, -0.05) is 31.3 Å². The van der Waals surface area contributed by atoms with Gasteiger partial charge in [0.25, 0.3) is 0 Å². The molecule has 92 valence electrons. The van der Waals surface area contributed by atoms with Crippen LogP contribution < -0.4 is 15.1 Å². The van der Waals surface area contributed by atoms with Crippen LogP contribution in [0.25, 0.3) is 11.1 Å². The maximum absolute atomic E-state index is 14.1. The van der Waals surface area contributed by atoms with Gasteiger partial charge < -0.3 is 4.74 Å². The first-order valence-electron chi connectivity index (χ1n) is 6.03. The first-order chi connectivity index (χ1) is 8.55. The van der Waals surface area contributed by atoms with Crippen LogP contribution >= 0.6 is 0 Å². The minimum Gasteiger partial charge on any atom is -0.497 e. The maximum atomic E-state index is 14.1. The van der Waals surface area contributed by atoms with Crippen LogP contribution in [0.15, 0.2) is 36.4 Å². The Kier molecular flexibility index (Phi) is 2.35. The Balaban J connectivity index is 2.36. The van der Waals surface area contributed by atoms with Crippen molar-refractivity contribution in [2.24, 2.45) is 0 Å². The van der Waals surface area contributed by atoms with Gasteiger partial charge in [-0.15, -0.1) is 0 Å². The van der Waals surface area contributed by atoms with E-state index in [2.05, 4.69) is 25.2 Å². The predicted octanol–water partition coefficient (Wildman–Crippen LogP) is 2.64. The molecule has 3 heteroatoms. The third kappa shape index (κ3) is 1.37. The van der Waals surface area contributed by atoms with Crippen molar-refractivity contribution < 1.29 is 9.13 Å². The molecule has 2 aromatic carbocycles. The lowest BCUT2D eigenvalue weighted by atomic mass is 10.1. The van der Waals surface area contributed by atoms with Crippen LogP contribution in [0.4, 0.5) is 4.39 Å². The highest BCUT2D eigenvalue weighted by atomic mass is 28.3. The smallest absolute Gasteiger partial charge is 0.130 e. The molecule has 18 heavy (non-hydrogen) atoms. The van der Waals surface area contributed by atoms with E-state index in [1.165, 1.54) is 10.4 Å². The van der Waals surface area contributed by atoms with Gasteiger partial charge in [-0.05, 0) is 34.1 Å². The Morgan fingerprint density at radius 3 is 2.56 bits per heavy atom. The summed E-state index contributed by atoms with van der Waals surface area (Å²) in [6.07, 6.45) is 0. The summed E-state index contributed by atoms with van der Waals surface area (Å²) in [4.78, 5) is 0. The summed E-state index contributed by atoms with van der Waals surface area (Å²) in [6, 6.07) is 11.4.